The first-order valence-electron chi connectivity index (χ1n) is 18.7. The van der Waals surface area contributed by atoms with E-state index >= 15 is 0 Å². The van der Waals surface area contributed by atoms with Crippen molar-refractivity contribution in [1.82, 2.24) is 0 Å². The van der Waals surface area contributed by atoms with Crippen molar-refractivity contribution in [2.45, 2.75) is 79.1 Å². The molecule has 2 aliphatic rings. The minimum atomic E-state index is -0.567. The van der Waals surface area contributed by atoms with Crippen molar-refractivity contribution in [2.24, 2.45) is 0 Å². The van der Waals surface area contributed by atoms with Crippen LogP contribution in [-0.4, -0.2) is 80.6 Å². The molecule has 0 radical (unpaired) electrons. The van der Waals surface area contributed by atoms with E-state index in [1.165, 1.54) is 0 Å². The first-order valence-corrected chi connectivity index (χ1v) is 18.7. The number of Topliss-reactive ketones (excluding diaryl/α,β-unsaturated/α-hetero) is 1. The van der Waals surface area contributed by atoms with E-state index in [0.29, 0.717) is 22.6 Å². The molecule has 1 aromatic carbocycles. The van der Waals surface area contributed by atoms with Crippen molar-refractivity contribution in [1.29, 1.82) is 0 Å². The van der Waals surface area contributed by atoms with Gasteiger partial charge in [-0.25, -0.2) is 14.2 Å². The second-order valence-electron chi connectivity index (χ2n) is 12.6. The van der Waals surface area contributed by atoms with Crippen LogP contribution in [-0.2, 0) is 28.6 Å². The zero-order valence-corrected chi connectivity index (χ0v) is 31.5. The minimum absolute atomic E-state index is 0.0224. The third kappa shape index (κ3) is 11.6. The first-order chi connectivity index (χ1) is 25.2. The zero-order valence-electron chi connectivity index (χ0n) is 31.5. The SMILES string of the molecule is C=CC(=O)OCCOC1=CC(=[N+](CCCC)CCCC)C=C/C1=C1/C(=O)C(c2ccc(N(CCCC)CCCC)cc2OCCOC(=O)C=C)=C1[O-]. The van der Waals surface area contributed by atoms with Crippen molar-refractivity contribution in [3.8, 4) is 5.75 Å². The Bertz CT molecular complexity index is 1580. The standard InChI is InChI=1S/C42H56N2O8/c1-7-13-21-43(22-14-8-2)31-17-19-33(35(29-31)49-25-27-51-37(45)11-5)39-41(47)40(42(39)48)34-20-18-32(44(23-15-9-3)24-16-10-4)30-36(34)50-26-28-52-38(46)12-6/h11-12,17-20,29-30H,5-10,13-16,21-28H2,1-4H3. The summed E-state index contributed by atoms with van der Waals surface area (Å²) in [4.78, 5) is 39.5. The van der Waals surface area contributed by atoms with Gasteiger partial charge in [-0.2, -0.15) is 0 Å². The summed E-state index contributed by atoms with van der Waals surface area (Å²) < 4.78 is 24.7. The third-order valence-corrected chi connectivity index (χ3v) is 8.74. The van der Waals surface area contributed by atoms with Gasteiger partial charge in [-0.1, -0.05) is 72.3 Å². The molecular formula is C42H56N2O8. The lowest BCUT2D eigenvalue weighted by Gasteiger charge is -2.34. The normalized spacial score (nSPS) is 15.1. The van der Waals surface area contributed by atoms with Crippen LogP contribution >= 0.6 is 0 Å². The van der Waals surface area contributed by atoms with Gasteiger partial charge in [0, 0.05) is 78.2 Å². The Morgan fingerprint density at radius 2 is 1.37 bits per heavy atom. The lowest BCUT2D eigenvalue weighted by Crippen LogP contribution is -2.32. The van der Waals surface area contributed by atoms with Crippen LogP contribution in [0.25, 0.3) is 5.57 Å². The number of benzene rings is 1. The van der Waals surface area contributed by atoms with Crippen molar-refractivity contribution in [3.05, 3.63) is 90.0 Å². The van der Waals surface area contributed by atoms with E-state index in [4.69, 9.17) is 18.9 Å². The highest BCUT2D eigenvalue weighted by molar-refractivity contribution is 6.39. The van der Waals surface area contributed by atoms with Gasteiger partial charge in [-0.05, 0) is 31.1 Å². The summed E-state index contributed by atoms with van der Waals surface area (Å²) in [5.74, 6) is -1.25. The second kappa shape index (κ2) is 22.2. The monoisotopic (exact) mass is 716 g/mol. The van der Waals surface area contributed by atoms with E-state index in [2.05, 4.69) is 50.3 Å². The Morgan fingerprint density at radius 1 is 0.788 bits per heavy atom. The Morgan fingerprint density at radius 3 is 1.90 bits per heavy atom. The number of carbonyl (C=O) groups excluding carboxylic acids is 3. The van der Waals surface area contributed by atoms with Gasteiger partial charge in [0.15, 0.2) is 5.78 Å². The highest BCUT2D eigenvalue weighted by Gasteiger charge is 2.35. The number of hydrogen-bond donors (Lipinski definition) is 0. The fraction of sp³-hybridized carbons (Fsp3) is 0.476. The molecule has 0 atom stereocenters. The molecule has 0 spiro atoms. The van der Waals surface area contributed by atoms with E-state index in [1.807, 2.05) is 24.3 Å². The number of rotatable bonds is 24. The highest BCUT2D eigenvalue weighted by atomic mass is 16.6. The van der Waals surface area contributed by atoms with E-state index in [9.17, 15) is 19.5 Å². The minimum Gasteiger partial charge on any atom is -0.871 e. The van der Waals surface area contributed by atoms with Gasteiger partial charge in [-0.15, -0.1) is 0 Å². The van der Waals surface area contributed by atoms with Gasteiger partial charge in [0.2, 0.25) is 5.71 Å². The van der Waals surface area contributed by atoms with Gasteiger partial charge in [0.1, 0.15) is 51.0 Å². The predicted octanol–water partition coefficient (Wildman–Crippen LogP) is 6.41. The average Bonchev–Trinajstić information content (AvgIpc) is 3.16. The molecule has 0 aliphatic heterocycles. The largest absolute Gasteiger partial charge is 0.871 e. The summed E-state index contributed by atoms with van der Waals surface area (Å²) >= 11 is 0. The molecule has 2 aliphatic carbocycles. The van der Waals surface area contributed by atoms with E-state index in [-0.39, 0.29) is 37.6 Å². The third-order valence-electron chi connectivity index (χ3n) is 8.74. The fourth-order valence-electron chi connectivity index (χ4n) is 5.79. The van der Waals surface area contributed by atoms with Crippen LogP contribution in [0.4, 0.5) is 5.69 Å². The van der Waals surface area contributed by atoms with Gasteiger partial charge in [0.25, 0.3) is 0 Å². The van der Waals surface area contributed by atoms with Crippen LogP contribution in [0.2, 0.25) is 0 Å². The number of allylic oxidation sites excluding steroid dienone is 5. The summed E-state index contributed by atoms with van der Waals surface area (Å²) in [5.41, 5.74) is 2.65. The Balaban J connectivity index is 2.08. The molecule has 0 fully saturated rings. The maximum atomic E-state index is 14.0. The fourth-order valence-corrected chi connectivity index (χ4v) is 5.79. The molecule has 0 amide bonds. The van der Waals surface area contributed by atoms with Gasteiger partial charge in [0.05, 0.1) is 6.08 Å². The maximum absolute atomic E-state index is 14.0. The van der Waals surface area contributed by atoms with Crippen LogP contribution in [0.15, 0.2) is 84.4 Å². The molecule has 3 rings (SSSR count). The number of esters is 2. The average molecular weight is 717 g/mol. The molecule has 0 unspecified atom stereocenters. The second-order valence-corrected chi connectivity index (χ2v) is 12.6. The van der Waals surface area contributed by atoms with Crippen LogP contribution < -0.4 is 14.7 Å². The lowest BCUT2D eigenvalue weighted by atomic mass is 9.79. The number of hydrogen-bond acceptors (Lipinski definition) is 9. The van der Waals surface area contributed by atoms with Crippen molar-refractivity contribution >= 4 is 34.7 Å². The number of ether oxygens (including phenoxy) is 4. The smallest absolute Gasteiger partial charge is 0.330 e. The summed E-state index contributed by atoms with van der Waals surface area (Å²) in [7, 11) is 0. The molecule has 0 bridgehead atoms. The molecule has 282 valence electrons. The van der Waals surface area contributed by atoms with Crippen LogP contribution in [0.5, 0.6) is 5.75 Å². The number of ketones is 1. The summed E-state index contributed by atoms with van der Waals surface area (Å²) in [6.07, 6.45) is 15.9. The van der Waals surface area contributed by atoms with E-state index in [1.54, 1.807) is 12.1 Å². The first kappa shape index (κ1) is 41.6. The van der Waals surface area contributed by atoms with Crippen molar-refractivity contribution in [3.63, 3.8) is 0 Å². The van der Waals surface area contributed by atoms with Crippen LogP contribution in [0.3, 0.4) is 0 Å². The number of nitrogens with zero attached hydrogens (tertiary/aromatic N) is 2. The van der Waals surface area contributed by atoms with Crippen LogP contribution in [0, 0.1) is 0 Å². The molecule has 0 aromatic heterocycles. The number of unbranched alkanes of at least 4 members (excludes halogenated alkanes) is 4. The summed E-state index contributed by atoms with van der Waals surface area (Å²) in [5, 5.41) is 14.0. The molecule has 10 heteroatoms. The Kier molecular flexibility index (Phi) is 17.7. The maximum Gasteiger partial charge on any atom is 0.330 e. The molecule has 0 heterocycles. The molecule has 52 heavy (non-hydrogen) atoms. The highest BCUT2D eigenvalue weighted by Crippen LogP contribution is 2.43. The van der Waals surface area contributed by atoms with Gasteiger partial charge in [-0.3, -0.25) is 4.79 Å². The van der Waals surface area contributed by atoms with Crippen molar-refractivity contribution in [2.75, 3.05) is 57.5 Å². The lowest BCUT2D eigenvalue weighted by molar-refractivity contribution is -0.527. The quantitative estimate of drug-likeness (QED) is 0.0518. The van der Waals surface area contributed by atoms with Gasteiger partial charge >= 0.3 is 11.9 Å². The predicted molar refractivity (Wildman–Crippen MR) is 203 cm³/mol. The topological polar surface area (TPSA) is 117 Å². The molecular weight excluding hydrogens is 660 g/mol. The molecule has 0 saturated carbocycles. The Labute approximate surface area is 309 Å². The number of anilines is 1. The van der Waals surface area contributed by atoms with Crippen molar-refractivity contribution < 1.29 is 43.0 Å². The van der Waals surface area contributed by atoms with Gasteiger partial charge < -0.3 is 29.0 Å². The summed E-state index contributed by atoms with van der Waals surface area (Å²) in [6.45, 7) is 18.9. The van der Waals surface area contributed by atoms with E-state index < -0.39 is 23.5 Å². The summed E-state index contributed by atoms with van der Waals surface area (Å²) in [6, 6.07) is 5.55. The molecule has 10 nitrogen and oxygen atoms in total. The number of carbonyl (C=O) groups is 3. The molecule has 0 saturated heterocycles. The van der Waals surface area contributed by atoms with E-state index in [0.717, 1.165) is 101 Å². The molecule has 1 aromatic rings. The molecule has 0 N–H and O–H groups in total. The van der Waals surface area contributed by atoms with Crippen LogP contribution in [0.1, 0.15) is 84.6 Å². The zero-order chi connectivity index (χ0) is 37.9. The Hall–Kier alpha value is -4.86.